The van der Waals surface area contributed by atoms with Crippen LogP contribution in [0.5, 0.6) is 11.5 Å². The van der Waals surface area contributed by atoms with Gasteiger partial charge in [-0.25, -0.2) is 0 Å². The zero-order valence-corrected chi connectivity index (χ0v) is 13.6. The molecule has 0 saturated carbocycles. The summed E-state index contributed by atoms with van der Waals surface area (Å²) >= 11 is 3.49. The standard InChI is InChI=1S/C16H19BrN2O/c1-11(2)19-10-13-9-18-7-6-16(13)20-14-4-5-15(17)12(3)8-14/h4-9,11,19H,10H2,1-3H3. The maximum Gasteiger partial charge on any atom is 0.134 e. The molecular weight excluding hydrogens is 316 g/mol. The lowest BCUT2D eigenvalue weighted by Gasteiger charge is -2.13. The molecule has 0 bridgehead atoms. The van der Waals surface area contributed by atoms with E-state index in [-0.39, 0.29) is 0 Å². The zero-order chi connectivity index (χ0) is 14.5. The second kappa shape index (κ2) is 6.86. The molecule has 1 aromatic carbocycles. The van der Waals surface area contributed by atoms with Gasteiger partial charge >= 0.3 is 0 Å². The van der Waals surface area contributed by atoms with E-state index in [4.69, 9.17) is 4.74 Å². The van der Waals surface area contributed by atoms with Gasteiger partial charge in [0.05, 0.1) is 0 Å². The number of halogens is 1. The summed E-state index contributed by atoms with van der Waals surface area (Å²) in [5.41, 5.74) is 2.21. The van der Waals surface area contributed by atoms with Crippen molar-refractivity contribution in [3.63, 3.8) is 0 Å². The Bertz CT molecular complexity index is 584. The molecule has 3 nitrogen and oxygen atoms in total. The van der Waals surface area contributed by atoms with Crippen LogP contribution in [0.3, 0.4) is 0 Å². The average molecular weight is 335 g/mol. The van der Waals surface area contributed by atoms with Gasteiger partial charge in [-0.1, -0.05) is 29.8 Å². The van der Waals surface area contributed by atoms with Crippen molar-refractivity contribution in [1.29, 1.82) is 0 Å². The lowest BCUT2D eigenvalue weighted by Crippen LogP contribution is -2.22. The first-order valence-electron chi connectivity index (χ1n) is 6.66. The predicted octanol–water partition coefficient (Wildman–Crippen LogP) is 4.44. The zero-order valence-electron chi connectivity index (χ0n) is 12.0. The van der Waals surface area contributed by atoms with Crippen molar-refractivity contribution in [2.45, 2.75) is 33.4 Å². The minimum atomic E-state index is 0.429. The Hall–Kier alpha value is -1.39. The third-order valence-corrected chi connectivity index (χ3v) is 3.81. The molecule has 0 unspecified atom stereocenters. The SMILES string of the molecule is Cc1cc(Oc2ccncc2CNC(C)C)ccc1Br. The number of hydrogen-bond acceptors (Lipinski definition) is 3. The van der Waals surface area contributed by atoms with Gasteiger partial charge in [0.15, 0.2) is 0 Å². The van der Waals surface area contributed by atoms with Crippen molar-refractivity contribution in [1.82, 2.24) is 10.3 Å². The Morgan fingerprint density at radius 1 is 1.30 bits per heavy atom. The van der Waals surface area contributed by atoms with E-state index in [0.717, 1.165) is 33.6 Å². The molecule has 4 heteroatoms. The smallest absolute Gasteiger partial charge is 0.134 e. The first-order valence-corrected chi connectivity index (χ1v) is 7.46. The minimum absolute atomic E-state index is 0.429. The molecule has 2 rings (SSSR count). The normalized spacial score (nSPS) is 10.8. The number of aryl methyl sites for hydroxylation is 1. The van der Waals surface area contributed by atoms with Crippen LogP contribution in [0, 0.1) is 6.92 Å². The van der Waals surface area contributed by atoms with Gasteiger partial charge in [-0.05, 0) is 36.8 Å². The summed E-state index contributed by atoms with van der Waals surface area (Å²) in [6, 6.07) is 8.30. The molecule has 1 heterocycles. The van der Waals surface area contributed by atoms with Crippen LogP contribution in [0.25, 0.3) is 0 Å². The molecule has 0 atom stereocenters. The lowest BCUT2D eigenvalue weighted by atomic mass is 10.2. The molecule has 1 N–H and O–H groups in total. The summed E-state index contributed by atoms with van der Waals surface area (Å²) in [5.74, 6) is 1.68. The van der Waals surface area contributed by atoms with Crippen LogP contribution < -0.4 is 10.1 Å². The highest BCUT2D eigenvalue weighted by Crippen LogP contribution is 2.28. The van der Waals surface area contributed by atoms with Crippen LogP contribution in [0.2, 0.25) is 0 Å². The summed E-state index contributed by atoms with van der Waals surface area (Å²) < 4.78 is 7.06. The fourth-order valence-corrected chi connectivity index (χ4v) is 2.02. The number of benzene rings is 1. The van der Waals surface area contributed by atoms with Gasteiger partial charge < -0.3 is 10.1 Å². The number of nitrogens with zero attached hydrogens (tertiary/aromatic N) is 1. The Kier molecular flexibility index (Phi) is 5.15. The molecule has 1 aromatic heterocycles. The van der Waals surface area contributed by atoms with E-state index in [1.165, 1.54) is 0 Å². The number of nitrogens with one attached hydrogen (secondary N) is 1. The number of rotatable bonds is 5. The molecule has 0 fully saturated rings. The number of pyridine rings is 1. The fourth-order valence-electron chi connectivity index (χ4n) is 1.77. The third kappa shape index (κ3) is 4.05. The summed E-state index contributed by atoms with van der Waals surface area (Å²) in [6.45, 7) is 7.03. The van der Waals surface area contributed by atoms with Crippen LogP contribution in [-0.2, 0) is 6.54 Å². The molecule has 106 valence electrons. The van der Waals surface area contributed by atoms with Gasteiger partial charge in [0.25, 0.3) is 0 Å². The van der Waals surface area contributed by atoms with E-state index >= 15 is 0 Å². The Morgan fingerprint density at radius 3 is 2.80 bits per heavy atom. The van der Waals surface area contributed by atoms with Crippen LogP contribution in [0.1, 0.15) is 25.0 Å². The average Bonchev–Trinajstić information content (AvgIpc) is 2.42. The first kappa shape index (κ1) is 15.0. The highest BCUT2D eigenvalue weighted by molar-refractivity contribution is 9.10. The Labute approximate surface area is 128 Å². The van der Waals surface area contributed by atoms with Crippen molar-refractivity contribution < 1.29 is 4.74 Å². The van der Waals surface area contributed by atoms with Crippen molar-refractivity contribution in [3.05, 3.63) is 52.3 Å². The Morgan fingerprint density at radius 2 is 2.10 bits per heavy atom. The van der Waals surface area contributed by atoms with Gasteiger partial charge in [-0.2, -0.15) is 0 Å². The summed E-state index contributed by atoms with van der Waals surface area (Å²) in [7, 11) is 0. The molecule has 0 aliphatic carbocycles. The first-order chi connectivity index (χ1) is 9.56. The molecule has 0 aliphatic heterocycles. The quantitative estimate of drug-likeness (QED) is 0.877. The van der Waals surface area contributed by atoms with Gasteiger partial charge in [-0.15, -0.1) is 0 Å². The second-order valence-electron chi connectivity index (χ2n) is 5.03. The molecule has 0 aliphatic rings. The van der Waals surface area contributed by atoms with Gasteiger partial charge in [0.1, 0.15) is 11.5 Å². The van der Waals surface area contributed by atoms with E-state index in [1.807, 2.05) is 37.4 Å². The lowest BCUT2D eigenvalue weighted by molar-refractivity contribution is 0.468. The van der Waals surface area contributed by atoms with Crippen molar-refractivity contribution in [2.24, 2.45) is 0 Å². The molecule has 2 aromatic rings. The number of hydrogen-bond donors (Lipinski definition) is 1. The Balaban J connectivity index is 2.17. The van der Waals surface area contributed by atoms with Crippen LogP contribution in [-0.4, -0.2) is 11.0 Å². The molecule has 20 heavy (non-hydrogen) atoms. The number of aromatic nitrogens is 1. The van der Waals surface area contributed by atoms with E-state index in [2.05, 4.69) is 40.1 Å². The van der Waals surface area contributed by atoms with E-state index < -0.39 is 0 Å². The second-order valence-corrected chi connectivity index (χ2v) is 5.89. The van der Waals surface area contributed by atoms with Gasteiger partial charge in [0, 0.05) is 35.0 Å². The largest absolute Gasteiger partial charge is 0.457 e. The molecular formula is C16H19BrN2O. The molecule has 0 spiro atoms. The highest BCUT2D eigenvalue weighted by atomic mass is 79.9. The molecule has 0 saturated heterocycles. The van der Waals surface area contributed by atoms with Crippen LogP contribution in [0.15, 0.2) is 41.1 Å². The summed E-state index contributed by atoms with van der Waals surface area (Å²) in [4.78, 5) is 4.17. The molecule has 0 radical (unpaired) electrons. The topological polar surface area (TPSA) is 34.1 Å². The predicted molar refractivity (Wildman–Crippen MR) is 85.2 cm³/mol. The van der Waals surface area contributed by atoms with Gasteiger partial charge in [0.2, 0.25) is 0 Å². The minimum Gasteiger partial charge on any atom is -0.457 e. The number of ether oxygens (including phenoxy) is 1. The summed E-state index contributed by atoms with van der Waals surface area (Å²) in [6.07, 6.45) is 3.59. The fraction of sp³-hybridized carbons (Fsp3) is 0.312. The maximum absolute atomic E-state index is 5.98. The van der Waals surface area contributed by atoms with Crippen molar-refractivity contribution >= 4 is 15.9 Å². The van der Waals surface area contributed by atoms with Crippen molar-refractivity contribution in [2.75, 3.05) is 0 Å². The monoisotopic (exact) mass is 334 g/mol. The van der Waals surface area contributed by atoms with E-state index in [9.17, 15) is 0 Å². The highest BCUT2D eigenvalue weighted by Gasteiger charge is 2.06. The maximum atomic E-state index is 5.98. The van der Waals surface area contributed by atoms with Gasteiger partial charge in [-0.3, -0.25) is 4.98 Å². The van der Waals surface area contributed by atoms with E-state index in [1.54, 1.807) is 6.20 Å². The van der Waals surface area contributed by atoms with Crippen LogP contribution >= 0.6 is 15.9 Å². The summed E-state index contributed by atoms with van der Waals surface area (Å²) in [5, 5.41) is 3.38. The third-order valence-electron chi connectivity index (χ3n) is 2.92. The van der Waals surface area contributed by atoms with E-state index in [0.29, 0.717) is 6.04 Å². The van der Waals surface area contributed by atoms with Crippen molar-refractivity contribution in [3.8, 4) is 11.5 Å². The van der Waals surface area contributed by atoms with Crippen LogP contribution in [0.4, 0.5) is 0 Å². The molecule has 0 amide bonds.